The largest absolute Gasteiger partial charge is 0.480 e. The fourth-order valence-corrected chi connectivity index (χ4v) is 1.91. The molecule has 0 saturated carbocycles. The van der Waals surface area contributed by atoms with Crippen LogP contribution in [0.15, 0.2) is 0 Å². The number of hydrogen-bond acceptors (Lipinski definition) is 4. The molecule has 2 amide bonds. The van der Waals surface area contributed by atoms with Crippen LogP contribution >= 0.6 is 0 Å². The molecule has 1 rings (SSSR count). The lowest BCUT2D eigenvalue weighted by molar-refractivity contribution is -0.149. The number of carbonyl (C=O) groups is 3. The third-order valence-electron chi connectivity index (χ3n) is 2.71. The van der Waals surface area contributed by atoms with Crippen LogP contribution in [0.3, 0.4) is 0 Å². The Morgan fingerprint density at radius 1 is 1.39 bits per heavy atom. The van der Waals surface area contributed by atoms with E-state index in [0.29, 0.717) is 13.0 Å². The van der Waals surface area contributed by atoms with E-state index in [0.717, 1.165) is 12.8 Å². The van der Waals surface area contributed by atoms with Crippen molar-refractivity contribution in [3.8, 4) is 0 Å². The van der Waals surface area contributed by atoms with Crippen molar-refractivity contribution in [1.82, 2.24) is 10.2 Å². The fourth-order valence-electron chi connectivity index (χ4n) is 1.91. The summed E-state index contributed by atoms with van der Waals surface area (Å²) < 4.78 is 4.91. The quantitative estimate of drug-likeness (QED) is 0.702. The molecule has 0 spiro atoms. The van der Waals surface area contributed by atoms with Gasteiger partial charge in [-0.2, -0.15) is 0 Å². The maximum atomic E-state index is 11.8. The molecule has 0 radical (unpaired) electrons. The first-order chi connectivity index (χ1) is 8.56. The molecule has 18 heavy (non-hydrogen) atoms. The van der Waals surface area contributed by atoms with Crippen molar-refractivity contribution in [3.63, 3.8) is 0 Å². The van der Waals surface area contributed by atoms with Crippen LogP contribution < -0.4 is 5.32 Å². The molecular formula is C11H18N2O5. The van der Waals surface area contributed by atoms with Crippen molar-refractivity contribution in [2.45, 2.75) is 32.2 Å². The highest BCUT2D eigenvalue weighted by molar-refractivity contribution is 5.85. The molecule has 1 atom stereocenters. The Hall–Kier alpha value is -1.79. The Labute approximate surface area is 105 Å². The standard InChI is InChI=1S/C11H18N2O5/c1-2-18-10(16)8-5-3-4-6-13(8)11(17)12-7-9(14)15/h8H,2-7H2,1H3,(H,12,17)(H,14,15). The Kier molecular flexibility index (Phi) is 5.41. The van der Waals surface area contributed by atoms with Gasteiger partial charge in [0, 0.05) is 6.54 Å². The number of piperidine rings is 1. The molecule has 1 fully saturated rings. The maximum absolute atomic E-state index is 11.8. The van der Waals surface area contributed by atoms with Crippen molar-refractivity contribution in [2.24, 2.45) is 0 Å². The molecule has 1 heterocycles. The van der Waals surface area contributed by atoms with Crippen LogP contribution in [-0.2, 0) is 14.3 Å². The van der Waals surface area contributed by atoms with Crippen LogP contribution in [0.5, 0.6) is 0 Å². The molecule has 1 aliphatic heterocycles. The van der Waals surface area contributed by atoms with Crippen LogP contribution in [-0.4, -0.2) is 53.7 Å². The number of esters is 1. The number of nitrogens with zero attached hydrogens (tertiary/aromatic N) is 1. The minimum Gasteiger partial charge on any atom is -0.480 e. The normalized spacial score (nSPS) is 19.2. The van der Waals surface area contributed by atoms with Gasteiger partial charge in [-0.3, -0.25) is 4.79 Å². The Bertz CT molecular complexity index is 331. The van der Waals surface area contributed by atoms with E-state index in [-0.39, 0.29) is 6.61 Å². The summed E-state index contributed by atoms with van der Waals surface area (Å²) in [6, 6.07) is -1.14. The molecule has 2 N–H and O–H groups in total. The lowest BCUT2D eigenvalue weighted by atomic mass is 10.0. The number of amides is 2. The van der Waals surface area contributed by atoms with E-state index in [1.807, 2.05) is 0 Å². The summed E-state index contributed by atoms with van der Waals surface area (Å²) in [5.41, 5.74) is 0. The van der Waals surface area contributed by atoms with Gasteiger partial charge in [0.05, 0.1) is 6.61 Å². The molecule has 1 aliphatic rings. The van der Waals surface area contributed by atoms with Crippen molar-refractivity contribution in [1.29, 1.82) is 0 Å². The summed E-state index contributed by atoms with van der Waals surface area (Å²) in [4.78, 5) is 35.2. The zero-order chi connectivity index (χ0) is 13.5. The van der Waals surface area contributed by atoms with Gasteiger partial charge < -0.3 is 20.1 Å². The number of hydrogen-bond donors (Lipinski definition) is 2. The zero-order valence-corrected chi connectivity index (χ0v) is 10.3. The van der Waals surface area contributed by atoms with Crippen LogP contribution in [0.1, 0.15) is 26.2 Å². The first-order valence-corrected chi connectivity index (χ1v) is 5.99. The van der Waals surface area contributed by atoms with Gasteiger partial charge in [0.2, 0.25) is 0 Å². The topological polar surface area (TPSA) is 95.9 Å². The SMILES string of the molecule is CCOC(=O)C1CCCCN1C(=O)NCC(=O)O. The van der Waals surface area contributed by atoms with E-state index in [1.54, 1.807) is 6.92 Å². The van der Waals surface area contributed by atoms with Crippen LogP contribution in [0.25, 0.3) is 0 Å². The van der Waals surface area contributed by atoms with E-state index < -0.39 is 30.6 Å². The molecular weight excluding hydrogens is 240 g/mol. The Morgan fingerprint density at radius 3 is 2.72 bits per heavy atom. The average Bonchev–Trinajstić information content (AvgIpc) is 2.36. The minimum atomic E-state index is -1.12. The lowest BCUT2D eigenvalue weighted by Crippen LogP contribution is -2.53. The summed E-state index contributed by atoms with van der Waals surface area (Å²) in [5, 5.41) is 10.8. The predicted molar refractivity (Wildman–Crippen MR) is 62.0 cm³/mol. The van der Waals surface area contributed by atoms with E-state index in [2.05, 4.69) is 5.32 Å². The number of carboxylic acid groups (broad SMARTS) is 1. The van der Waals surface area contributed by atoms with Crippen molar-refractivity contribution < 1.29 is 24.2 Å². The molecule has 102 valence electrons. The minimum absolute atomic E-state index is 0.264. The highest BCUT2D eigenvalue weighted by atomic mass is 16.5. The second-order valence-corrected chi connectivity index (χ2v) is 4.01. The third-order valence-corrected chi connectivity index (χ3v) is 2.71. The second-order valence-electron chi connectivity index (χ2n) is 4.01. The van der Waals surface area contributed by atoms with Gasteiger partial charge >= 0.3 is 18.0 Å². The number of carboxylic acids is 1. The number of carbonyl (C=O) groups excluding carboxylic acids is 2. The number of nitrogens with one attached hydrogen (secondary N) is 1. The molecule has 0 aromatic heterocycles. The third kappa shape index (κ3) is 3.90. The monoisotopic (exact) mass is 258 g/mol. The van der Waals surface area contributed by atoms with Crippen molar-refractivity contribution in [2.75, 3.05) is 19.7 Å². The molecule has 7 heteroatoms. The van der Waals surface area contributed by atoms with Crippen molar-refractivity contribution >= 4 is 18.0 Å². The molecule has 0 aliphatic carbocycles. The number of urea groups is 1. The zero-order valence-electron chi connectivity index (χ0n) is 10.3. The summed E-state index contributed by atoms with van der Waals surface area (Å²) in [6.07, 6.45) is 2.21. The first-order valence-electron chi connectivity index (χ1n) is 5.99. The van der Waals surface area contributed by atoms with Crippen LogP contribution in [0.4, 0.5) is 4.79 Å². The van der Waals surface area contributed by atoms with Gasteiger partial charge in [-0.25, -0.2) is 9.59 Å². The second kappa shape index (κ2) is 6.83. The number of ether oxygens (including phenoxy) is 1. The van der Waals surface area contributed by atoms with Crippen LogP contribution in [0.2, 0.25) is 0 Å². The van der Waals surface area contributed by atoms with Gasteiger partial charge in [0.25, 0.3) is 0 Å². The molecule has 1 saturated heterocycles. The van der Waals surface area contributed by atoms with E-state index in [1.165, 1.54) is 4.90 Å². The van der Waals surface area contributed by atoms with Gasteiger partial charge in [-0.05, 0) is 26.2 Å². The summed E-state index contributed by atoms with van der Waals surface area (Å²) in [7, 11) is 0. The Balaban J connectivity index is 2.60. The number of likely N-dealkylation sites (tertiary alicyclic amines) is 1. The van der Waals surface area contributed by atoms with E-state index in [9.17, 15) is 14.4 Å². The van der Waals surface area contributed by atoms with E-state index >= 15 is 0 Å². The highest BCUT2D eigenvalue weighted by Gasteiger charge is 2.33. The van der Waals surface area contributed by atoms with Gasteiger partial charge in [0.15, 0.2) is 0 Å². The first kappa shape index (κ1) is 14.3. The predicted octanol–water partition coefficient (Wildman–Crippen LogP) is 0.198. The van der Waals surface area contributed by atoms with Crippen LogP contribution in [0, 0.1) is 0 Å². The Morgan fingerprint density at radius 2 is 2.11 bits per heavy atom. The molecule has 0 bridgehead atoms. The molecule has 7 nitrogen and oxygen atoms in total. The molecule has 0 aromatic rings. The maximum Gasteiger partial charge on any atom is 0.328 e. The lowest BCUT2D eigenvalue weighted by Gasteiger charge is -2.33. The summed E-state index contributed by atoms with van der Waals surface area (Å²) in [5.74, 6) is -1.55. The van der Waals surface area contributed by atoms with Gasteiger partial charge in [0.1, 0.15) is 12.6 Å². The average molecular weight is 258 g/mol. The number of rotatable bonds is 4. The van der Waals surface area contributed by atoms with Gasteiger partial charge in [-0.1, -0.05) is 0 Å². The van der Waals surface area contributed by atoms with E-state index in [4.69, 9.17) is 9.84 Å². The van der Waals surface area contributed by atoms with Crippen molar-refractivity contribution in [3.05, 3.63) is 0 Å². The van der Waals surface area contributed by atoms with Gasteiger partial charge in [-0.15, -0.1) is 0 Å². The summed E-state index contributed by atoms with van der Waals surface area (Å²) >= 11 is 0. The molecule has 0 aromatic carbocycles. The number of aliphatic carboxylic acids is 1. The highest BCUT2D eigenvalue weighted by Crippen LogP contribution is 2.18. The molecule has 1 unspecified atom stereocenters. The smallest absolute Gasteiger partial charge is 0.328 e. The fraction of sp³-hybridized carbons (Fsp3) is 0.727. The summed E-state index contributed by atoms with van der Waals surface area (Å²) in [6.45, 7) is 1.95.